The Morgan fingerprint density at radius 3 is 2.50 bits per heavy atom. The lowest BCUT2D eigenvalue weighted by Crippen LogP contribution is -2.38. The topological polar surface area (TPSA) is 15.3 Å². The van der Waals surface area contributed by atoms with Gasteiger partial charge in [-0.3, -0.25) is 0 Å². The number of halogens is 1. The van der Waals surface area contributed by atoms with Crippen molar-refractivity contribution in [1.29, 1.82) is 0 Å². The van der Waals surface area contributed by atoms with Crippen molar-refractivity contribution < 1.29 is 0 Å². The Labute approximate surface area is 132 Å². The maximum atomic E-state index is 3.75. The van der Waals surface area contributed by atoms with Crippen molar-refractivity contribution in [2.45, 2.75) is 40.2 Å². The van der Waals surface area contributed by atoms with E-state index in [2.05, 4.69) is 72.0 Å². The van der Waals surface area contributed by atoms with E-state index in [0.29, 0.717) is 6.04 Å². The minimum absolute atomic E-state index is 0.391. The van der Waals surface area contributed by atoms with Gasteiger partial charge in [0.25, 0.3) is 0 Å². The van der Waals surface area contributed by atoms with Crippen molar-refractivity contribution in [2.75, 3.05) is 24.5 Å². The standard InChI is InChI=1S/C17H27BrN2/c1-5-19-14(4)16-7-6-15(9-17(16)18)20-10-12(2)8-13(3)11-20/h6-7,9,12-14,19H,5,8,10-11H2,1-4H3. The van der Waals surface area contributed by atoms with Crippen LogP contribution in [0, 0.1) is 11.8 Å². The van der Waals surface area contributed by atoms with Crippen LogP contribution >= 0.6 is 15.9 Å². The summed E-state index contributed by atoms with van der Waals surface area (Å²) in [5, 5.41) is 3.47. The zero-order valence-electron chi connectivity index (χ0n) is 13.1. The minimum atomic E-state index is 0.391. The smallest absolute Gasteiger partial charge is 0.0377 e. The Hall–Kier alpha value is -0.540. The third-order valence-corrected chi connectivity index (χ3v) is 4.88. The summed E-state index contributed by atoms with van der Waals surface area (Å²) < 4.78 is 1.22. The monoisotopic (exact) mass is 338 g/mol. The molecule has 1 aromatic rings. The lowest BCUT2D eigenvalue weighted by atomic mass is 9.91. The van der Waals surface area contributed by atoms with Gasteiger partial charge in [0.05, 0.1) is 0 Å². The molecule has 112 valence electrons. The number of rotatable bonds is 4. The first-order valence-corrected chi connectivity index (χ1v) is 8.58. The molecule has 0 aromatic heterocycles. The number of hydrogen-bond donors (Lipinski definition) is 1. The molecule has 1 saturated heterocycles. The minimum Gasteiger partial charge on any atom is -0.371 e. The molecule has 1 aliphatic rings. The van der Waals surface area contributed by atoms with Gasteiger partial charge >= 0.3 is 0 Å². The molecule has 1 N–H and O–H groups in total. The molecule has 1 aromatic carbocycles. The van der Waals surface area contributed by atoms with E-state index in [9.17, 15) is 0 Å². The van der Waals surface area contributed by atoms with Gasteiger partial charge in [-0.2, -0.15) is 0 Å². The predicted octanol–water partition coefficient (Wildman–Crippen LogP) is 4.60. The van der Waals surface area contributed by atoms with Crippen LogP contribution in [-0.2, 0) is 0 Å². The van der Waals surface area contributed by atoms with E-state index >= 15 is 0 Å². The number of piperidine rings is 1. The highest BCUT2D eigenvalue weighted by molar-refractivity contribution is 9.10. The molecule has 2 rings (SSSR count). The van der Waals surface area contributed by atoms with Crippen LogP contribution in [0.4, 0.5) is 5.69 Å². The van der Waals surface area contributed by atoms with Gasteiger partial charge in [-0.15, -0.1) is 0 Å². The molecule has 0 bridgehead atoms. The van der Waals surface area contributed by atoms with Crippen LogP contribution in [0.3, 0.4) is 0 Å². The number of nitrogens with zero attached hydrogens (tertiary/aromatic N) is 1. The molecule has 0 amide bonds. The third kappa shape index (κ3) is 3.76. The first-order chi connectivity index (χ1) is 9.51. The van der Waals surface area contributed by atoms with Crippen LogP contribution in [0.2, 0.25) is 0 Å². The molecule has 3 atom stereocenters. The lowest BCUT2D eigenvalue weighted by Gasteiger charge is -2.37. The average molecular weight is 339 g/mol. The fourth-order valence-electron chi connectivity index (χ4n) is 3.35. The second kappa shape index (κ2) is 6.95. The highest BCUT2D eigenvalue weighted by atomic mass is 79.9. The summed E-state index contributed by atoms with van der Waals surface area (Å²) in [6.45, 7) is 12.4. The zero-order chi connectivity index (χ0) is 14.7. The molecule has 3 unspecified atom stereocenters. The fourth-order valence-corrected chi connectivity index (χ4v) is 4.06. The van der Waals surface area contributed by atoms with Gasteiger partial charge in [0.1, 0.15) is 0 Å². The molecular weight excluding hydrogens is 312 g/mol. The molecule has 2 nitrogen and oxygen atoms in total. The van der Waals surface area contributed by atoms with Crippen LogP contribution in [0.15, 0.2) is 22.7 Å². The van der Waals surface area contributed by atoms with Gasteiger partial charge in [0.2, 0.25) is 0 Å². The lowest BCUT2D eigenvalue weighted by molar-refractivity contribution is 0.357. The Kier molecular flexibility index (Phi) is 5.50. The van der Waals surface area contributed by atoms with E-state index in [1.54, 1.807) is 0 Å². The van der Waals surface area contributed by atoms with E-state index in [-0.39, 0.29) is 0 Å². The number of hydrogen-bond acceptors (Lipinski definition) is 2. The second-order valence-corrected chi connectivity index (χ2v) is 7.19. The van der Waals surface area contributed by atoms with Gasteiger partial charge in [0, 0.05) is 29.3 Å². The Bertz CT molecular complexity index is 437. The normalized spacial score (nSPS) is 24.8. The Balaban J connectivity index is 2.16. The SMILES string of the molecule is CCNC(C)c1ccc(N2CC(C)CC(C)C2)cc1Br. The molecule has 3 heteroatoms. The Morgan fingerprint density at radius 1 is 1.30 bits per heavy atom. The molecule has 1 fully saturated rings. The Morgan fingerprint density at radius 2 is 1.95 bits per heavy atom. The summed E-state index contributed by atoms with van der Waals surface area (Å²) in [6.07, 6.45) is 1.35. The molecule has 0 radical (unpaired) electrons. The predicted molar refractivity (Wildman–Crippen MR) is 91.4 cm³/mol. The van der Waals surface area contributed by atoms with Crippen LogP contribution < -0.4 is 10.2 Å². The van der Waals surface area contributed by atoms with E-state index in [1.165, 1.54) is 35.2 Å². The first-order valence-electron chi connectivity index (χ1n) is 7.79. The van der Waals surface area contributed by atoms with Crippen molar-refractivity contribution in [2.24, 2.45) is 11.8 Å². The van der Waals surface area contributed by atoms with Crippen molar-refractivity contribution >= 4 is 21.6 Å². The van der Waals surface area contributed by atoms with Gasteiger partial charge in [-0.25, -0.2) is 0 Å². The molecule has 1 aliphatic heterocycles. The van der Waals surface area contributed by atoms with Gasteiger partial charge in [-0.05, 0) is 49.4 Å². The zero-order valence-corrected chi connectivity index (χ0v) is 14.7. The molecule has 0 aliphatic carbocycles. The summed E-state index contributed by atoms with van der Waals surface area (Å²) >= 11 is 3.75. The molecule has 1 heterocycles. The van der Waals surface area contributed by atoms with Gasteiger partial charge < -0.3 is 10.2 Å². The molecule has 20 heavy (non-hydrogen) atoms. The van der Waals surface area contributed by atoms with Crippen molar-refractivity contribution in [3.63, 3.8) is 0 Å². The molecule has 0 spiro atoms. The van der Waals surface area contributed by atoms with Crippen LogP contribution in [-0.4, -0.2) is 19.6 Å². The highest BCUT2D eigenvalue weighted by Crippen LogP contribution is 2.31. The maximum absolute atomic E-state index is 3.75. The third-order valence-electron chi connectivity index (χ3n) is 4.19. The number of benzene rings is 1. The molecular formula is C17H27BrN2. The first kappa shape index (κ1) is 15.8. The quantitative estimate of drug-likeness (QED) is 0.862. The summed E-state index contributed by atoms with van der Waals surface area (Å²) in [7, 11) is 0. The largest absolute Gasteiger partial charge is 0.371 e. The fraction of sp³-hybridized carbons (Fsp3) is 0.647. The summed E-state index contributed by atoms with van der Waals surface area (Å²) in [4.78, 5) is 2.53. The highest BCUT2D eigenvalue weighted by Gasteiger charge is 2.22. The van der Waals surface area contributed by atoms with Gasteiger partial charge in [0.15, 0.2) is 0 Å². The van der Waals surface area contributed by atoms with E-state index in [4.69, 9.17) is 0 Å². The number of anilines is 1. The van der Waals surface area contributed by atoms with Crippen LogP contribution in [0.1, 0.15) is 45.7 Å². The molecule has 0 saturated carbocycles. The average Bonchev–Trinajstić information content (AvgIpc) is 2.37. The van der Waals surface area contributed by atoms with E-state index < -0.39 is 0 Å². The maximum Gasteiger partial charge on any atom is 0.0377 e. The van der Waals surface area contributed by atoms with E-state index in [1.807, 2.05) is 0 Å². The number of nitrogens with one attached hydrogen (secondary N) is 1. The second-order valence-electron chi connectivity index (χ2n) is 6.34. The summed E-state index contributed by atoms with van der Waals surface area (Å²) in [5.41, 5.74) is 2.69. The van der Waals surface area contributed by atoms with Crippen molar-refractivity contribution in [3.05, 3.63) is 28.2 Å². The van der Waals surface area contributed by atoms with Crippen molar-refractivity contribution in [3.8, 4) is 0 Å². The van der Waals surface area contributed by atoms with Gasteiger partial charge in [-0.1, -0.05) is 42.8 Å². The van der Waals surface area contributed by atoms with Crippen LogP contribution in [0.5, 0.6) is 0 Å². The summed E-state index contributed by atoms with van der Waals surface area (Å²) in [6, 6.07) is 7.21. The van der Waals surface area contributed by atoms with Crippen molar-refractivity contribution in [1.82, 2.24) is 5.32 Å². The van der Waals surface area contributed by atoms with Crippen LogP contribution in [0.25, 0.3) is 0 Å². The van der Waals surface area contributed by atoms with E-state index in [0.717, 1.165) is 18.4 Å². The summed E-state index contributed by atoms with van der Waals surface area (Å²) in [5.74, 6) is 1.58.